The minimum absolute atomic E-state index is 0.116. The van der Waals surface area contributed by atoms with Crippen molar-refractivity contribution in [2.75, 3.05) is 5.75 Å². The van der Waals surface area contributed by atoms with Crippen LogP contribution in [0.2, 0.25) is 0 Å². The summed E-state index contributed by atoms with van der Waals surface area (Å²) in [5.74, 6) is 0.402. The van der Waals surface area contributed by atoms with Crippen molar-refractivity contribution < 1.29 is 9.59 Å². The molecule has 1 aliphatic rings. The van der Waals surface area contributed by atoms with Gasteiger partial charge >= 0.3 is 0 Å². The van der Waals surface area contributed by atoms with Gasteiger partial charge in [0.15, 0.2) is 11.0 Å². The van der Waals surface area contributed by atoms with E-state index in [1.165, 1.54) is 28.7 Å². The summed E-state index contributed by atoms with van der Waals surface area (Å²) in [5.41, 5.74) is 3.96. The van der Waals surface area contributed by atoms with E-state index in [2.05, 4.69) is 62.6 Å². The predicted octanol–water partition coefficient (Wildman–Crippen LogP) is 6.86. The maximum absolute atomic E-state index is 13.7. The zero-order chi connectivity index (χ0) is 29.1. The van der Waals surface area contributed by atoms with Crippen LogP contribution < -0.4 is 5.32 Å². The van der Waals surface area contributed by atoms with Crippen LogP contribution in [0.4, 0.5) is 0 Å². The molecule has 0 saturated heterocycles. The van der Waals surface area contributed by atoms with E-state index in [4.69, 9.17) is 5.10 Å². The number of aryl methyl sites for hydroxylation is 1. The van der Waals surface area contributed by atoms with Gasteiger partial charge in [0.2, 0.25) is 0 Å². The first-order chi connectivity index (χ1) is 20.5. The number of nitrogens with zero attached hydrogens (tertiary/aromatic N) is 5. The van der Waals surface area contributed by atoms with E-state index in [0.29, 0.717) is 22.3 Å². The second-order valence-corrected chi connectivity index (χ2v) is 13.3. The molecule has 3 aromatic heterocycles. The van der Waals surface area contributed by atoms with Crippen LogP contribution in [0.5, 0.6) is 0 Å². The van der Waals surface area contributed by atoms with Crippen LogP contribution in [0.1, 0.15) is 44.0 Å². The summed E-state index contributed by atoms with van der Waals surface area (Å²) >= 11 is 7.79. The second kappa shape index (κ2) is 12.7. The maximum atomic E-state index is 13.7. The number of halogens is 1. The third-order valence-corrected chi connectivity index (χ3v) is 9.93. The number of thioether (sulfide) groups is 1. The minimum atomic E-state index is -0.178. The van der Waals surface area contributed by atoms with Crippen molar-refractivity contribution >= 4 is 67.9 Å². The lowest BCUT2D eigenvalue weighted by atomic mass is 10.00. The first kappa shape index (κ1) is 28.5. The first-order valence-corrected chi connectivity index (χ1v) is 16.6. The zero-order valence-electron chi connectivity index (χ0n) is 22.4. The van der Waals surface area contributed by atoms with Gasteiger partial charge in [0, 0.05) is 16.6 Å². The van der Waals surface area contributed by atoms with Crippen LogP contribution in [-0.4, -0.2) is 43.1 Å². The molecule has 0 fully saturated rings. The lowest BCUT2D eigenvalue weighted by molar-refractivity contribution is -0.130. The number of nitrogens with one attached hydrogen (secondary N) is 1. The average molecular weight is 678 g/mol. The zero-order valence-corrected chi connectivity index (χ0v) is 26.5. The number of benzene rings is 2. The van der Waals surface area contributed by atoms with Gasteiger partial charge in [0.05, 0.1) is 33.8 Å². The molecule has 5 aromatic rings. The van der Waals surface area contributed by atoms with E-state index in [9.17, 15) is 9.59 Å². The lowest BCUT2D eigenvalue weighted by Crippen LogP contribution is -2.28. The third kappa shape index (κ3) is 6.26. The van der Waals surface area contributed by atoms with Gasteiger partial charge in [-0.2, -0.15) is 5.10 Å². The molecule has 0 radical (unpaired) electrons. The molecule has 8 nitrogen and oxygen atoms in total. The highest BCUT2D eigenvalue weighted by molar-refractivity contribution is 9.10. The molecular weight excluding hydrogens is 652 g/mol. The van der Waals surface area contributed by atoms with Crippen LogP contribution in [0.25, 0.3) is 5.69 Å². The highest BCUT2D eigenvalue weighted by atomic mass is 79.9. The summed E-state index contributed by atoms with van der Waals surface area (Å²) in [6.07, 6.45) is 0.656. The molecule has 0 aliphatic carbocycles. The Morgan fingerprint density at radius 2 is 1.76 bits per heavy atom. The van der Waals surface area contributed by atoms with Gasteiger partial charge in [-0.05, 0) is 59.6 Å². The summed E-state index contributed by atoms with van der Waals surface area (Å²) in [6.45, 7) is 2.24. The molecule has 1 aliphatic heterocycles. The summed E-state index contributed by atoms with van der Waals surface area (Å²) in [7, 11) is 0. The van der Waals surface area contributed by atoms with Gasteiger partial charge in [0.25, 0.3) is 11.8 Å². The van der Waals surface area contributed by atoms with Gasteiger partial charge in [-0.3, -0.25) is 14.2 Å². The highest BCUT2D eigenvalue weighted by Crippen LogP contribution is 2.35. The van der Waals surface area contributed by atoms with Crippen molar-refractivity contribution in [2.45, 2.75) is 31.1 Å². The number of aromatic nitrogens is 3. The number of hydrazone groups is 1. The second-order valence-electron chi connectivity index (χ2n) is 9.55. The normalized spacial score (nSPS) is 14.7. The Balaban J connectivity index is 1.24. The standard InChI is InChI=1S/C30H25BrN6O2S3/c1-19-6-8-20(9-7-19)24-16-23(25-4-2-14-40-25)35-37(24)28(38)18-42-30-34-33-27(17-32-29(39)26-5-3-15-41-26)36(30)22-12-10-21(31)11-13-22/h2-15,24H,16-18H2,1H3,(H,32,39)/t24-/m0/s1. The Labute approximate surface area is 263 Å². The van der Waals surface area contributed by atoms with E-state index >= 15 is 0 Å². The summed E-state index contributed by atoms with van der Waals surface area (Å²) in [5, 5.41) is 22.6. The molecule has 0 unspecified atom stereocenters. The summed E-state index contributed by atoms with van der Waals surface area (Å²) in [6, 6.07) is 23.5. The topological polar surface area (TPSA) is 92.5 Å². The van der Waals surface area contributed by atoms with Crippen LogP contribution >= 0.6 is 50.4 Å². The van der Waals surface area contributed by atoms with Crippen molar-refractivity contribution in [1.82, 2.24) is 25.1 Å². The molecule has 1 atom stereocenters. The number of rotatable bonds is 9. The fourth-order valence-corrected chi connectivity index (χ4v) is 7.03. The quantitative estimate of drug-likeness (QED) is 0.172. The maximum Gasteiger partial charge on any atom is 0.261 e. The Bertz CT molecular complexity index is 1720. The van der Waals surface area contributed by atoms with Crippen LogP contribution in [0.3, 0.4) is 0 Å². The van der Waals surface area contributed by atoms with Gasteiger partial charge in [0.1, 0.15) is 0 Å². The van der Waals surface area contributed by atoms with E-state index in [-0.39, 0.29) is 30.2 Å². The van der Waals surface area contributed by atoms with Crippen molar-refractivity contribution in [3.8, 4) is 5.69 Å². The van der Waals surface area contributed by atoms with E-state index in [1.807, 2.05) is 57.8 Å². The Morgan fingerprint density at radius 1 is 1.00 bits per heavy atom. The van der Waals surface area contributed by atoms with Gasteiger partial charge in [-0.25, -0.2) is 5.01 Å². The number of carbonyl (C=O) groups excluding carboxylic acids is 2. The number of carbonyl (C=O) groups is 2. The predicted molar refractivity (Wildman–Crippen MR) is 172 cm³/mol. The molecule has 0 saturated carbocycles. The lowest BCUT2D eigenvalue weighted by Gasteiger charge is -2.22. The number of hydrogen-bond donors (Lipinski definition) is 1. The molecule has 2 aromatic carbocycles. The van der Waals surface area contributed by atoms with E-state index in [1.54, 1.807) is 22.4 Å². The fraction of sp³-hybridized carbons (Fsp3) is 0.167. The molecule has 212 valence electrons. The molecule has 6 rings (SSSR count). The molecule has 1 N–H and O–H groups in total. The Morgan fingerprint density at radius 3 is 2.48 bits per heavy atom. The van der Waals surface area contributed by atoms with Crippen LogP contribution in [0, 0.1) is 6.92 Å². The smallest absolute Gasteiger partial charge is 0.261 e. The Hall–Kier alpha value is -3.58. The molecular formula is C30H25BrN6O2S3. The molecule has 2 amide bonds. The van der Waals surface area contributed by atoms with Crippen molar-refractivity contribution in [2.24, 2.45) is 5.10 Å². The van der Waals surface area contributed by atoms with Crippen LogP contribution in [-0.2, 0) is 11.3 Å². The van der Waals surface area contributed by atoms with Gasteiger partial charge < -0.3 is 5.32 Å². The fourth-order valence-electron chi connectivity index (χ4n) is 4.58. The average Bonchev–Trinajstić information content (AvgIpc) is 3.82. The molecule has 0 spiro atoms. The van der Waals surface area contributed by atoms with Crippen molar-refractivity contribution in [3.05, 3.63) is 115 Å². The highest BCUT2D eigenvalue weighted by Gasteiger charge is 2.33. The third-order valence-electron chi connectivity index (χ3n) is 6.70. The number of hydrogen-bond acceptors (Lipinski definition) is 8. The Kier molecular flexibility index (Phi) is 8.66. The summed E-state index contributed by atoms with van der Waals surface area (Å²) in [4.78, 5) is 28.0. The van der Waals surface area contributed by atoms with Crippen molar-refractivity contribution in [3.63, 3.8) is 0 Å². The first-order valence-electron chi connectivity index (χ1n) is 13.1. The summed E-state index contributed by atoms with van der Waals surface area (Å²) < 4.78 is 2.81. The largest absolute Gasteiger partial charge is 0.344 e. The molecule has 42 heavy (non-hydrogen) atoms. The van der Waals surface area contributed by atoms with Gasteiger partial charge in [-0.15, -0.1) is 32.9 Å². The van der Waals surface area contributed by atoms with E-state index in [0.717, 1.165) is 26.3 Å². The monoisotopic (exact) mass is 676 g/mol. The van der Waals surface area contributed by atoms with E-state index < -0.39 is 0 Å². The SMILES string of the molecule is Cc1ccc([C@@H]2CC(c3cccs3)=NN2C(=O)CSc2nnc(CNC(=O)c3cccs3)n2-c2ccc(Br)cc2)cc1. The van der Waals surface area contributed by atoms with Crippen LogP contribution in [0.15, 0.2) is 98.3 Å². The molecule has 0 bridgehead atoms. The van der Waals surface area contributed by atoms with Gasteiger partial charge in [-0.1, -0.05) is 69.7 Å². The minimum Gasteiger partial charge on any atom is -0.344 e. The molecule has 12 heteroatoms. The van der Waals surface area contributed by atoms with Crippen molar-refractivity contribution in [1.29, 1.82) is 0 Å². The number of thiophene rings is 2. The molecule has 4 heterocycles. The number of amides is 2.